The second-order valence-electron chi connectivity index (χ2n) is 8.45. The highest BCUT2D eigenvalue weighted by molar-refractivity contribution is 7.13. The van der Waals surface area contributed by atoms with Crippen molar-refractivity contribution in [1.82, 2.24) is 15.2 Å². The van der Waals surface area contributed by atoms with Crippen molar-refractivity contribution in [3.05, 3.63) is 35.8 Å². The average Bonchev–Trinajstić information content (AvgIpc) is 3.29. The number of rotatable bonds is 6. The molecule has 2 heterocycles. The van der Waals surface area contributed by atoms with Crippen LogP contribution in [0.2, 0.25) is 0 Å². The maximum atomic E-state index is 13.0. The zero-order chi connectivity index (χ0) is 20.2. The number of piperazine rings is 1. The molecule has 2 fully saturated rings. The number of carbonyl (C=O) groups excluding carboxylic acids is 1. The number of hydrogen-bond donors (Lipinski definition) is 1. The van der Waals surface area contributed by atoms with Gasteiger partial charge in [-0.05, 0) is 63.8 Å². The standard InChI is InChI=1S/C23H31N3O2S/c1-16(2)26-13-11-24-21(15-26)22(27)17-3-7-19(8-4-17)28-20-9-5-18(6-10-20)23-25-12-14-29-23/h5-6,9-10,12,14,16-17,19,21,24H,3-4,7-8,11,13,15H2,1-2H3/t17-,19-,21?. The van der Waals surface area contributed by atoms with Gasteiger partial charge in [0.2, 0.25) is 0 Å². The first-order chi connectivity index (χ1) is 14.1. The van der Waals surface area contributed by atoms with Crippen LogP contribution in [0.15, 0.2) is 35.8 Å². The lowest BCUT2D eigenvalue weighted by Crippen LogP contribution is -2.57. The molecule has 29 heavy (non-hydrogen) atoms. The van der Waals surface area contributed by atoms with E-state index in [1.807, 2.05) is 23.7 Å². The van der Waals surface area contributed by atoms with Crippen molar-refractivity contribution < 1.29 is 9.53 Å². The minimum atomic E-state index is -0.00739. The summed E-state index contributed by atoms with van der Waals surface area (Å²) in [5, 5.41) is 6.46. The van der Waals surface area contributed by atoms with E-state index in [1.54, 1.807) is 11.3 Å². The molecular formula is C23H31N3O2S. The first-order valence-electron chi connectivity index (χ1n) is 10.8. The molecule has 1 atom stereocenters. The number of carbonyl (C=O) groups is 1. The Bertz CT molecular complexity index is 783. The SMILES string of the molecule is CC(C)N1CCNC(C(=O)[C@H]2CC[C@H](Oc3ccc(-c4nccs4)cc3)CC2)C1. The molecule has 4 rings (SSSR count). The Morgan fingerprint density at radius 2 is 1.97 bits per heavy atom. The van der Waals surface area contributed by atoms with E-state index in [-0.39, 0.29) is 18.1 Å². The third kappa shape index (κ3) is 5.05. The Balaban J connectivity index is 1.26. The Morgan fingerprint density at radius 3 is 2.62 bits per heavy atom. The Labute approximate surface area is 177 Å². The Morgan fingerprint density at radius 1 is 1.21 bits per heavy atom. The molecule has 2 aliphatic rings. The predicted molar refractivity (Wildman–Crippen MR) is 117 cm³/mol. The Kier molecular flexibility index (Phi) is 6.63. The number of nitrogens with zero attached hydrogens (tertiary/aromatic N) is 2. The smallest absolute Gasteiger partial charge is 0.154 e. The number of nitrogens with one attached hydrogen (secondary N) is 1. The molecule has 1 unspecified atom stereocenters. The fourth-order valence-electron chi connectivity index (χ4n) is 4.42. The van der Waals surface area contributed by atoms with Crippen LogP contribution in [-0.2, 0) is 4.79 Å². The monoisotopic (exact) mass is 413 g/mol. The third-order valence-electron chi connectivity index (χ3n) is 6.19. The number of ether oxygens (including phenoxy) is 1. The molecule has 5 nitrogen and oxygen atoms in total. The summed E-state index contributed by atoms with van der Waals surface area (Å²) in [6.45, 7) is 7.20. The van der Waals surface area contributed by atoms with Crippen molar-refractivity contribution in [2.75, 3.05) is 19.6 Å². The zero-order valence-electron chi connectivity index (χ0n) is 17.3. The van der Waals surface area contributed by atoms with Crippen molar-refractivity contribution in [3.8, 4) is 16.3 Å². The molecule has 0 spiro atoms. The molecule has 1 N–H and O–H groups in total. The molecular weight excluding hydrogens is 382 g/mol. The molecule has 0 amide bonds. The van der Waals surface area contributed by atoms with Gasteiger partial charge < -0.3 is 10.1 Å². The van der Waals surface area contributed by atoms with Crippen molar-refractivity contribution in [2.45, 2.75) is 57.7 Å². The van der Waals surface area contributed by atoms with Gasteiger partial charge in [0.05, 0.1) is 12.1 Å². The van der Waals surface area contributed by atoms with Gasteiger partial charge in [-0.3, -0.25) is 9.69 Å². The van der Waals surface area contributed by atoms with E-state index < -0.39 is 0 Å². The van der Waals surface area contributed by atoms with Crippen LogP contribution in [0.3, 0.4) is 0 Å². The van der Waals surface area contributed by atoms with E-state index >= 15 is 0 Å². The summed E-state index contributed by atoms with van der Waals surface area (Å²) in [7, 11) is 0. The summed E-state index contributed by atoms with van der Waals surface area (Å²) < 4.78 is 6.20. The molecule has 1 aromatic carbocycles. The second kappa shape index (κ2) is 9.37. The minimum absolute atomic E-state index is 0.00739. The average molecular weight is 414 g/mol. The fraction of sp³-hybridized carbons (Fsp3) is 0.565. The largest absolute Gasteiger partial charge is 0.490 e. The van der Waals surface area contributed by atoms with Gasteiger partial charge >= 0.3 is 0 Å². The quantitative estimate of drug-likeness (QED) is 0.776. The van der Waals surface area contributed by atoms with Gasteiger partial charge in [-0.25, -0.2) is 4.98 Å². The maximum absolute atomic E-state index is 13.0. The summed E-state index contributed by atoms with van der Waals surface area (Å²) in [6, 6.07) is 8.68. The van der Waals surface area contributed by atoms with Crippen LogP contribution < -0.4 is 10.1 Å². The first-order valence-corrected chi connectivity index (χ1v) is 11.7. The molecule has 6 heteroatoms. The normalized spacial score (nSPS) is 25.8. The highest BCUT2D eigenvalue weighted by Gasteiger charge is 2.34. The van der Waals surface area contributed by atoms with E-state index in [0.717, 1.165) is 61.6 Å². The Hall–Kier alpha value is -1.76. The van der Waals surface area contributed by atoms with E-state index in [2.05, 4.69) is 41.2 Å². The van der Waals surface area contributed by atoms with Crippen molar-refractivity contribution in [1.29, 1.82) is 0 Å². The molecule has 0 bridgehead atoms. The topological polar surface area (TPSA) is 54.5 Å². The number of ketones is 1. The molecule has 2 aromatic rings. The molecule has 1 aromatic heterocycles. The molecule has 1 aliphatic heterocycles. The highest BCUT2D eigenvalue weighted by atomic mass is 32.1. The van der Waals surface area contributed by atoms with Crippen LogP contribution in [0.4, 0.5) is 0 Å². The maximum Gasteiger partial charge on any atom is 0.154 e. The van der Waals surface area contributed by atoms with Gasteiger partial charge in [-0.1, -0.05) is 0 Å². The summed E-state index contributed by atoms with van der Waals surface area (Å²) in [6.07, 6.45) is 5.79. The fourth-order valence-corrected chi connectivity index (χ4v) is 5.06. The molecule has 156 valence electrons. The first kappa shape index (κ1) is 20.5. The number of Topliss-reactive ketones (excluding diaryl/α,β-unsaturated/α-hetero) is 1. The van der Waals surface area contributed by atoms with Gasteiger partial charge in [0, 0.05) is 48.7 Å². The molecule has 1 saturated heterocycles. The highest BCUT2D eigenvalue weighted by Crippen LogP contribution is 2.30. The zero-order valence-corrected chi connectivity index (χ0v) is 18.2. The van der Waals surface area contributed by atoms with Gasteiger partial charge in [-0.15, -0.1) is 11.3 Å². The van der Waals surface area contributed by atoms with E-state index in [1.165, 1.54) is 0 Å². The number of benzene rings is 1. The van der Waals surface area contributed by atoms with Gasteiger partial charge in [0.1, 0.15) is 10.8 Å². The van der Waals surface area contributed by atoms with Crippen LogP contribution in [0.5, 0.6) is 5.75 Å². The summed E-state index contributed by atoms with van der Waals surface area (Å²) >= 11 is 1.64. The predicted octanol–water partition coefficient (Wildman–Crippen LogP) is 4.00. The lowest BCUT2D eigenvalue weighted by atomic mass is 9.82. The van der Waals surface area contributed by atoms with Gasteiger partial charge in [-0.2, -0.15) is 0 Å². The van der Waals surface area contributed by atoms with Crippen LogP contribution in [0.1, 0.15) is 39.5 Å². The van der Waals surface area contributed by atoms with Crippen LogP contribution >= 0.6 is 11.3 Å². The lowest BCUT2D eigenvalue weighted by molar-refractivity contribution is -0.127. The summed E-state index contributed by atoms with van der Waals surface area (Å²) in [5.41, 5.74) is 1.12. The van der Waals surface area contributed by atoms with Crippen LogP contribution in [0, 0.1) is 5.92 Å². The lowest BCUT2D eigenvalue weighted by Gasteiger charge is -2.37. The van der Waals surface area contributed by atoms with E-state index in [4.69, 9.17) is 4.74 Å². The number of thiazole rings is 1. The number of hydrogen-bond acceptors (Lipinski definition) is 6. The number of aromatic nitrogens is 1. The third-order valence-corrected chi connectivity index (χ3v) is 7.02. The summed E-state index contributed by atoms with van der Waals surface area (Å²) in [5.74, 6) is 1.48. The van der Waals surface area contributed by atoms with E-state index in [0.29, 0.717) is 11.8 Å². The van der Waals surface area contributed by atoms with Crippen molar-refractivity contribution in [2.24, 2.45) is 5.92 Å². The van der Waals surface area contributed by atoms with Gasteiger partial charge in [0.25, 0.3) is 0 Å². The molecule has 0 radical (unpaired) electrons. The minimum Gasteiger partial charge on any atom is -0.490 e. The second-order valence-corrected chi connectivity index (χ2v) is 9.35. The van der Waals surface area contributed by atoms with Crippen LogP contribution in [0.25, 0.3) is 10.6 Å². The van der Waals surface area contributed by atoms with Gasteiger partial charge in [0.15, 0.2) is 5.78 Å². The summed E-state index contributed by atoms with van der Waals surface area (Å²) in [4.78, 5) is 19.8. The molecule has 1 saturated carbocycles. The van der Waals surface area contributed by atoms with Crippen LogP contribution in [-0.4, -0.2) is 53.5 Å². The van der Waals surface area contributed by atoms with Crippen molar-refractivity contribution >= 4 is 17.1 Å². The van der Waals surface area contributed by atoms with Crippen molar-refractivity contribution in [3.63, 3.8) is 0 Å². The molecule has 1 aliphatic carbocycles. The van der Waals surface area contributed by atoms with E-state index in [9.17, 15) is 4.79 Å².